The van der Waals surface area contributed by atoms with Crippen LogP contribution in [0.5, 0.6) is 0 Å². The minimum atomic E-state index is -2.60. The highest BCUT2D eigenvalue weighted by atomic mass is 14.8. The van der Waals surface area contributed by atoms with Gasteiger partial charge in [-0.2, -0.15) is 0 Å². The topological polar surface area (TPSA) is 77.3 Å². The summed E-state index contributed by atoms with van der Waals surface area (Å²) >= 11 is 0. The maximum atomic E-state index is 9.17. The Kier molecular flexibility index (Phi) is 18.4. The Labute approximate surface area is 795 Å². The number of rotatable bonds is 26. The molecule has 0 atom stereocenters. The molecule has 14 aromatic carbocycles. The fraction of sp³-hybridized carbons (Fsp3) is 0.129. The van der Waals surface area contributed by atoms with Gasteiger partial charge in [-0.05, 0) is 298 Å². The summed E-state index contributed by atoms with van der Waals surface area (Å²) in [6.07, 6.45) is -2.11. The number of aryl methyl sites for hydroxylation is 8. The van der Waals surface area contributed by atoms with Crippen LogP contribution in [0.2, 0.25) is 0 Å². The Morgan fingerprint density at radius 2 is 0.338 bits per heavy atom. The highest BCUT2D eigenvalue weighted by molar-refractivity contribution is 5.98. The number of pyridine rings is 4. The molecule has 0 bridgehead atoms. The first-order valence-electron chi connectivity index (χ1n) is 54.5. The van der Waals surface area contributed by atoms with E-state index < -0.39 is 52.9 Å². The fourth-order valence-electron chi connectivity index (χ4n) is 17.4. The molecule has 0 radical (unpaired) electrons. The average molecular weight is 1700 g/mol. The van der Waals surface area contributed by atoms with Gasteiger partial charge in [-0.3, -0.25) is 19.9 Å². The summed E-state index contributed by atoms with van der Waals surface area (Å²) in [6, 6.07) is 118. The largest absolute Gasteiger partial charge is 0.256 e. The Morgan fingerprint density at radius 3 is 0.500 bits per heavy atom. The molecule has 0 spiro atoms. The monoisotopic (exact) mass is 1700 g/mol. The Morgan fingerprint density at radius 1 is 0.185 bits per heavy atom. The standard InChI is InChI=1S/C124H104N6/c1-9-25-97-76-125-119(65-81(97)5)91-53-41-85(42-54-91)107-29-13-19-35-113(107)101-69-102(114-36-20-14-30-108(114)86-43-55-92(56-44-86)120-66-82(6)98(26-10-2)77-126-120)72-105(71-101)117-39-23-17-33-111(117)89-49-61-95(62-50-89)123-75-124(130-80-129-123)96-63-51-90(52-64-96)112-34-18-24-40-118(112)106-73-103(115-37-21-15-31-109(115)87-45-57-93(58-46-87)121-67-83(7)99(27-11-3)78-127-121)70-104(74-106)116-38-22-16-32-110(116)88-47-59-94(60-48-88)122-68-84(8)100(28-12-4)79-128-122/h13-24,29-80H,9-12,25-28H2,1-8H3/i5D3,6D3,7D3,8D3,25D2,26D2,27D2,28D2,80D. The van der Waals surface area contributed by atoms with Crippen LogP contribution in [0, 0.1) is 27.4 Å². The van der Waals surface area contributed by atoms with E-state index in [2.05, 4.69) is 153 Å². The lowest BCUT2D eigenvalue weighted by Crippen LogP contribution is -1.94. The third kappa shape index (κ3) is 17.9. The van der Waals surface area contributed by atoms with Crippen LogP contribution < -0.4 is 0 Å². The van der Waals surface area contributed by atoms with E-state index in [1.807, 2.05) is 200 Å². The van der Waals surface area contributed by atoms with Crippen LogP contribution in [0.15, 0.2) is 389 Å². The zero-order chi connectivity index (χ0) is 107. The van der Waals surface area contributed by atoms with Crippen LogP contribution in [0.1, 0.15) is 127 Å². The molecule has 0 unspecified atom stereocenters. The molecule has 5 heterocycles. The molecule has 0 saturated carbocycles. The number of hydrogen-bond donors (Lipinski definition) is 0. The summed E-state index contributed by atoms with van der Waals surface area (Å²) in [5.41, 5.74) is 28.4. The van der Waals surface area contributed by atoms with Crippen molar-refractivity contribution in [2.75, 3.05) is 0 Å². The summed E-state index contributed by atoms with van der Waals surface area (Å²) in [7, 11) is 0. The van der Waals surface area contributed by atoms with Crippen LogP contribution in [0.25, 0.3) is 201 Å². The van der Waals surface area contributed by atoms with Gasteiger partial charge < -0.3 is 0 Å². The minimum absolute atomic E-state index is 0.0383. The van der Waals surface area contributed by atoms with E-state index in [0.29, 0.717) is 56.4 Å². The number of nitrogens with zero attached hydrogens (tertiary/aromatic N) is 6. The van der Waals surface area contributed by atoms with E-state index in [9.17, 15) is 1.37 Å². The van der Waals surface area contributed by atoms with Crippen molar-refractivity contribution in [3.8, 4) is 201 Å². The molecular formula is C124H104N6. The lowest BCUT2D eigenvalue weighted by atomic mass is 9.86. The van der Waals surface area contributed by atoms with E-state index in [1.165, 1.54) is 49.1 Å². The second-order valence-corrected chi connectivity index (χ2v) is 32.2. The van der Waals surface area contributed by atoms with Crippen LogP contribution in [-0.4, -0.2) is 29.9 Å². The van der Waals surface area contributed by atoms with Crippen molar-refractivity contribution >= 4 is 0 Å². The zero-order valence-electron chi connectivity index (χ0n) is 93.4. The average Bonchev–Trinajstić information content (AvgIpc) is 0.753. The van der Waals surface area contributed by atoms with Gasteiger partial charge in [-0.1, -0.05) is 345 Å². The zero-order valence-corrected chi connectivity index (χ0v) is 72.4. The first-order chi connectivity index (χ1) is 72.0. The van der Waals surface area contributed by atoms with Crippen molar-refractivity contribution in [3.63, 3.8) is 0 Å². The molecule has 6 heteroatoms. The number of hydrogen-bond acceptors (Lipinski definition) is 6. The minimum Gasteiger partial charge on any atom is -0.256 e. The van der Waals surface area contributed by atoms with Gasteiger partial charge in [-0.15, -0.1) is 0 Å². The SMILES string of the molecule is [2H]c1nc(-c2ccc(-c3ccccc3-c3cc(-c4ccccc4-c4ccc(-c5cc(C([2H])([2H])[2H])c(C([2H])([2H])CC)cn5)cc4)cc(-c4ccccc4-c4ccc(-c5cc(C([2H])([2H])[2H])c(C([2H])([2H])CC)cn5)cc4)c3)cc2)cc(-c2ccc(-c3ccccc3-c3cc(-c4ccccc4-c4ccc(-c5cc(C([2H])([2H])[2H])c(C([2H])([2H])CC)cn5)cc4)cc(-c4ccccc4-c4ccc(-c5cc(C([2H])([2H])[2H])c(C([2H])([2H])CC)cn5)cc4)c3)cc2)n1. The normalized spacial score (nSPS) is 14.5. The smallest absolute Gasteiger partial charge is 0.116 e. The van der Waals surface area contributed by atoms with Gasteiger partial charge >= 0.3 is 0 Å². The highest BCUT2D eigenvalue weighted by Crippen LogP contribution is 2.47. The van der Waals surface area contributed by atoms with Crippen molar-refractivity contribution in [1.29, 1.82) is 0 Å². The molecule has 6 nitrogen and oxygen atoms in total. The quantitative estimate of drug-likeness (QED) is 0.0538. The Hall–Kier alpha value is -15.2. The lowest BCUT2D eigenvalue weighted by Gasteiger charge is -2.18. The van der Waals surface area contributed by atoms with Gasteiger partial charge in [0.05, 0.1) is 34.2 Å². The van der Waals surface area contributed by atoms with Crippen LogP contribution in [0.3, 0.4) is 0 Å². The Bertz CT molecular complexity index is 7480. The van der Waals surface area contributed by atoms with Crippen molar-refractivity contribution < 1.29 is 28.8 Å². The summed E-state index contributed by atoms with van der Waals surface area (Å²) in [4.78, 5) is 28.0. The Balaban J connectivity index is 0.658. The predicted octanol–water partition coefficient (Wildman–Crippen LogP) is 33.1. The molecule has 0 aliphatic rings. The van der Waals surface area contributed by atoms with Crippen molar-refractivity contribution in [3.05, 3.63) is 434 Å². The molecule has 630 valence electrons. The van der Waals surface area contributed by atoms with Gasteiger partial charge in [0, 0.05) is 85.6 Å². The summed E-state index contributed by atoms with van der Waals surface area (Å²) in [5, 5.41) is 0. The summed E-state index contributed by atoms with van der Waals surface area (Å²) in [5.74, 6) is 0. The molecule has 5 aromatic heterocycles. The number of benzene rings is 14. The molecule has 0 aliphatic heterocycles. The van der Waals surface area contributed by atoms with Crippen molar-refractivity contribution in [1.82, 2.24) is 29.9 Å². The van der Waals surface area contributed by atoms with Crippen LogP contribution in [-0.2, 0) is 25.5 Å². The van der Waals surface area contributed by atoms with Gasteiger partial charge in [0.15, 0.2) is 0 Å². The van der Waals surface area contributed by atoms with Crippen molar-refractivity contribution in [2.24, 2.45) is 0 Å². The van der Waals surface area contributed by atoms with Crippen LogP contribution >= 0.6 is 0 Å². The molecule has 0 fully saturated rings. The lowest BCUT2D eigenvalue weighted by molar-refractivity contribution is 0.904. The van der Waals surface area contributed by atoms with Crippen molar-refractivity contribution in [2.45, 2.75) is 106 Å². The number of aromatic nitrogens is 6. The molecule has 0 N–H and O–H groups in total. The van der Waals surface area contributed by atoms with E-state index >= 15 is 0 Å². The van der Waals surface area contributed by atoms with Gasteiger partial charge in [-0.25, -0.2) is 9.97 Å². The second-order valence-electron chi connectivity index (χ2n) is 32.2. The predicted molar refractivity (Wildman–Crippen MR) is 546 cm³/mol. The maximum absolute atomic E-state index is 9.17. The van der Waals surface area contributed by atoms with E-state index in [1.54, 1.807) is 27.7 Å². The third-order valence-electron chi connectivity index (χ3n) is 23.9. The highest BCUT2D eigenvalue weighted by Gasteiger charge is 2.22. The molecule has 19 aromatic rings. The maximum Gasteiger partial charge on any atom is 0.116 e. The first-order valence-corrected chi connectivity index (χ1v) is 44.0. The van der Waals surface area contributed by atoms with Gasteiger partial charge in [0.1, 0.15) is 7.67 Å². The van der Waals surface area contributed by atoms with Gasteiger partial charge in [0.2, 0.25) is 0 Å². The summed E-state index contributed by atoms with van der Waals surface area (Å²) < 4.78 is 180. The molecule has 19 rings (SSSR count). The molecule has 0 aliphatic carbocycles. The first kappa shape index (κ1) is 62.8. The van der Waals surface area contributed by atoms with Gasteiger partial charge in [0.25, 0.3) is 0 Å². The summed E-state index contributed by atoms with van der Waals surface area (Å²) in [6.45, 7) is -3.68. The molecular weight excluding hydrogens is 1570 g/mol. The molecule has 0 saturated heterocycles. The second kappa shape index (κ2) is 38.1. The third-order valence-corrected chi connectivity index (χ3v) is 23.9. The van der Waals surface area contributed by atoms with E-state index in [4.69, 9.17) is 37.4 Å². The van der Waals surface area contributed by atoms with E-state index in [0.717, 1.165) is 145 Å². The van der Waals surface area contributed by atoms with Crippen LogP contribution in [0.4, 0.5) is 0 Å². The molecule has 0 amide bonds. The molecule has 130 heavy (non-hydrogen) atoms. The fourth-order valence-corrected chi connectivity index (χ4v) is 17.4. The van der Waals surface area contributed by atoms with E-state index in [-0.39, 0.29) is 76.5 Å².